The molecular formula is C10H17F7O2. The Bertz CT molecular complexity index is 203. The maximum atomic E-state index is 11.4. The van der Waals surface area contributed by atoms with Crippen LogP contribution >= 0.6 is 0 Å². The molecule has 0 rings (SSSR count). The van der Waals surface area contributed by atoms with Crippen LogP contribution in [0, 0.1) is 0 Å². The lowest BCUT2D eigenvalue weighted by Crippen LogP contribution is -2.44. The van der Waals surface area contributed by atoms with Gasteiger partial charge in [-0.05, 0) is 27.7 Å². The third kappa shape index (κ3) is 12.2. The molecule has 0 heterocycles. The zero-order valence-electron chi connectivity index (χ0n) is 10.9. The van der Waals surface area contributed by atoms with Crippen molar-refractivity contribution >= 4 is 0 Å². The van der Waals surface area contributed by atoms with E-state index in [2.05, 4.69) is 4.74 Å². The van der Waals surface area contributed by atoms with Crippen molar-refractivity contribution in [3.8, 4) is 0 Å². The largest absolute Gasteiger partial charge is 0.423 e. The first-order valence-electron chi connectivity index (χ1n) is 5.28. The highest BCUT2D eigenvalue weighted by atomic mass is 19.4. The van der Waals surface area contributed by atoms with Gasteiger partial charge in [-0.2, -0.15) is 26.3 Å². The molecule has 9 heteroatoms. The van der Waals surface area contributed by atoms with Gasteiger partial charge in [-0.25, -0.2) is 4.39 Å². The van der Waals surface area contributed by atoms with Crippen molar-refractivity contribution in [2.75, 3.05) is 6.86 Å². The van der Waals surface area contributed by atoms with Gasteiger partial charge in [-0.15, -0.1) is 0 Å². The number of hydrogen-bond acceptors (Lipinski definition) is 2. The molecule has 0 N–H and O–H groups in total. The van der Waals surface area contributed by atoms with E-state index >= 15 is 0 Å². The van der Waals surface area contributed by atoms with E-state index in [-0.39, 0.29) is 0 Å². The van der Waals surface area contributed by atoms with Crippen LogP contribution in [-0.2, 0) is 9.47 Å². The smallest absolute Gasteiger partial charge is 0.376 e. The summed E-state index contributed by atoms with van der Waals surface area (Å²) in [6, 6.07) is 0. The minimum atomic E-state index is -5.63. The quantitative estimate of drug-likeness (QED) is 0.723. The molecule has 0 spiro atoms. The SMILES string of the molecule is CC(C)OC(C)C.FCOC(C(F)(F)F)C(F)(F)F. The second-order valence-corrected chi connectivity index (χ2v) is 3.97. The molecular weight excluding hydrogens is 285 g/mol. The molecule has 0 aliphatic heterocycles. The van der Waals surface area contributed by atoms with E-state index in [1.807, 2.05) is 27.7 Å². The third-order valence-electron chi connectivity index (χ3n) is 1.37. The monoisotopic (exact) mass is 302 g/mol. The second kappa shape index (κ2) is 8.57. The summed E-state index contributed by atoms with van der Waals surface area (Å²) in [5.74, 6) is 0. The Morgan fingerprint density at radius 3 is 1.16 bits per heavy atom. The zero-order chi connectivity index (χ0) is 15.9. The van der Waals surface area contributed by atoms with Gasteiger partial charge in [0, 0.05) is 0 Å². The molecule has 0 fully saturated rings. The van der Waals surface area contributed by atoms with Crippen molar-refractivity contribution < 1.29 is 40.2 Å². The molecule has 0 bridgehead atoms. The standard InChI is InChI=1S/C6H14O.C4H3F7O/c1-5(2)7-6(3)4;5-1-12-2(3(6,7)8)4(9,10)11/h5-6H,1-4H3;2H,1H2. The number of alkyl halides is 7. The fraction of sp³-hybridized carbons (Fsp3) is 1.00. The molecule has 0 saturated carbocycles. The van der Waals surface area contributed by atoms with E-state index in [4.69, 9.17) is 4.74 Å². The minimum absolute atomic E-state index is 0.375. The molecule has 0 aromatic rings. The molecule has 0 radical (unpaired) electrons. The molecule has 0 aliphatic carbocycles. The van der Waals surface area contributed by atoms with Gasteiger partial charge in [0.2, 0.25) is 0 Å². The summed E-state index contributed by atoms with van der Waals surface area (Å²) in [4.78, 5) is 0. The molecule has 0 aliphatic rings. The maximum Gasteiger partial charge on any atom is 0.423 e. The Balaban J connectivity index is 0. The lowest BCUT2D eigenvalue weighted by atomic mass is 10.3. The van der Waals surface area contributed by atoms with Crippen molar-refractivity contribution in [3.63, 3.8) is 0 Å². The van der Waals surface area contributed by atoms with Gasteiger partial charge in [-0.3, -0.25) is 0 Å². The Kier molecular flexibility index (Phi) is 9.36. The van der Waals surface area contributed by atoms with Crippen LogP contribution in [0.1, 0.15) is 27.7 Å². The Hall–Kier alpha value is -0.570. The number of rotatable bonds is 4. The van der Waals surface area contributed by atoms with Gasteiger partial charge in [0.1, 0.15) is 0 Å². The van der Waals surface area contributed by atoms with Crippen LogP contribution in [0.3, 0.4) is 0 Å². The van der Waals surface area contributed by atoms with Crippen LogP contribution in [0.5, 0.6) is 0 Å². The van der Waals surface area contributed by atoms with Crippen LogP contribution in [0.4, 0.5) is 30.7 Å². The van der Waals surface area contributed by atoms with Crippen molar-refractivity contribution in [3.05, 3.63) is 0 Å². The third-order valence-corrected chi connectivity index (χ3v) is 1.37. The van der Waals surface area contributed by atoms with Gasteiger partial charge >= 0.3 is 12.4 Å². The maximum absolute atomic E-state index is 11.4. The Labute approximate surface area is 106 Å². The normalized spacial score (nSPS) is 12.9. The topological polar surface area (TPSA) is 18.5 Å². The summed E-state index contributed by atoms with van der Waals surface area (Å²) in [7, 11) is 0. The van der Waals surface area contributed by atoms with Crippen LogP contribution in [0.15, 0.2) is 0 Å². The Morgan fingerprint density at radius 2 is 1.11 bits per heavy atom. The van der Waals surface area contributed by atoms with E-state index in [9.17, 15) is 30.7 Å². The zero-order valence-corrected chi connectivity index (χ0v) is 10.9. The predicted octanol–water partition coefficient (Wildman–Crippen LogP) is 4.24. The molecule has 0 unspecified atom stereocenters. The second-order valence-electron chi connectivity index (χ2n) is 3.97. The molecule has 0 atom stereocenters. The van der Waals surface area contributed by atoms with E-state index in [0.29, 0.717) is 12.2 Å². The lowest BCUT2D eigenvalue weighted by molar-refractivity contribution is -0.327. The average Bonchev–Trinajstić information content (AvgIpc) is 2.08. The number of halogens is 7. The Morgan fingerprint density at radius 1 is 0.789 bits per heavy atom. The first-order valence-corrected chi connectivity index (χ1v) is 5.28. The van der Waals surface area contributed by atoms with Gasteiger partial charge in [0.05, 0.1) is 12.2 Å². The van der Waals surface area contributed by atoms with Crippen molar-refractivity contribution in [2.24, 2.45) is 0 Å². The number of hydrogen-bond donors (Lipinski definition) is 0. The summed E-state index contributed by atoms with van der Waals surface area (Å²) in [5.41, 5.74) is 0. The molecule has 0 saturated heterocycles. The fourth-order valence-electron chi connectivity index (χ4n) is 0.982. The van der Waals surface area contributed by atoms with E-state index < -0.39 is 25.3 Å². The molecule has 19 heavy (non-hydrogen) atoms. The summed E-state index contributed by atoms with van der Waals surface area (Å²) in [5, 5.41) is 0. The summed E-state index contributed by atoms with van der Waals surface area (Å²) >= 11 is 0. The molecule has 2 nitrogen and oxygen atoms in total. The highest BCUT2D eigenvalue weighted by molar-refractivity contribution is 4.75. The molecule has 0 amide bonds. The van der Waals surface area contributed by atoms with Crippen LogP contribution in [0.2, 0.25) is 0 Å². The average molecular weight is 302 g/mol. The van der Waals surface area contributed by atoms with E-state index in [1.54, 1.807) is 0 Å². The number of ether oxygens (including phenoxy) is 2. The van der Waals surface area contributed by atoms with Gasteiger partial charge < -0.3 is 9.47 Å². The van der Waals surface area contributed by atoms with Gasteiger partial charge in [-0.1, -0.05) is 0 Å². The first-order chi connectivity index (χ1) is 8.32. The molecule has 0 aromatic carbocycles. The minimum Gasteiger partial charge on any atom is -0.376 e. The molecule has 118 valence electrons. The van der Waals surface area contributed by atoms with Crippen LogP contribution < -0.4 is 0 Å². The fourth-order valence-corrected chi connectivity index (χ4v) is 0.982. The van der Waals surface area contributed by atoms with Crippen molar-refractivity contribution in [1.82, 2.24) is 0 Å². The highest BCUT2D eigenvalue weighted by Gasteiger charge is 2.58. The summed E-state index contributed by atoms with van der Waals surface area (Å²) in [6.45, 7) is 6.03. The lowest BCUT2D eigenvalue weighted by Gasteiger charge is -2.21. The summed E-state index contributed by atoms with van der Waals surface area (Å²) < 4.78 is 87.5. The molecule has 0 aromatic heterocycles. The van der Waals surface area contributed by atoms with Crippen LogP contribution in [-0.4, -0.2) is 37.5 Å². The van der Waals surface area contributed by atoms with Gasteiger partial charge in [0.15, 0.2) is 6.86 Å². The van der Waals surface area contributed by atoms with Crippen molar-refractivity contribution in [1.29, 1.82) is 0 Å². The predicted molar refractivity (Wildman–Crippen MR) is 54.3 cm³/mol. The first kappa shape index (κ1) is 20.7. The van der Waals surface area contributed by atoms with Crippen molar-refractivity contribution in [2.45, 2.75) is 58.4 Å². The summed E-state index contributed by atoms with van der Waals surface area (Å²) in [6.07, 6.45) is -14.6. The van der Waals surface area contributed by atoms with Gasteiger partial charge in [0.25, 0.3) is 6.10 Å². The highest BCUT2D eigenvalue weighted by Crippen LogP contribution is 2.35. The van der Waals surface area contributed by atoms with E-state index in [1.165, 1.54) is 0 Å². The van der Waals surface area contributed by atoms with E-state index in [0.717, 1.165) is 0 Å². The van der Waals surface area contributed by atoms with Crippen LogP contribution in [0.25, 0.3) is 0 Å².